The van der Waals surface area contributed by atoms with Crippen LogP contribution in [0.4, 0.5) is 0 Å². The molecule has 1 aliphatic heterocycles. The molecule has 106 valence electrons. The number of hydrogen-bond acceptors (Lipinski definition) is 5. The molecule has 1 aromatic carbocycles. The van der Waals surface area contributed by atoms with Crippen molar-refractivity contribution in [3.05, 3.63) is 23.8 Å². The van der Waals surface area contributed by atoms with E-state index in [0.717, 1.165) is 23.5 Å². The molecule has 0 spiro atoms. The van der Waals surface area contributed by atoms with Gasteiger partial charge in [0, 0.05) is 13.0 Å². The Hall–Kier alpha value is -1.30. The van der Waals surface area contributed by atoms with Gasteiger partial charge in [0.2, 0.25) is 0 Å². The van der Waals surface area contributed by atoms with E-state index in [-0.39, 0.29) is 19.3 Å². The summed E-state index contributed by atoms with van der Waals surface area (Å²) in [7, 11) is 1.88. The molecule has 0 unspecified atom stereocenters. The summed E-state index contributed by atoms with van der Waals surface area (Å²) < 4.78 is 11.2. The van der Waals surface area contributed by atoms with E-state index in [9.17, 15) is 0 Å². The van der Waals surface area contributed by atoms with E-state index in [1.807, 2.05) is 30.1 Å². The van der Waals surface area contributed by atoms with Crippen LogP contribution in [0.2, 0.25) is 0 Å². The maximum Gasteiger partial charge on any atom is 0.161 e. The van der Waals surface area contributed by atoms with Gasteiger partial charge in [-0.1, -0.05) is 6.07 Å². The van der Waals surface area contributed by atoms with Crippen LogP contribution >= 0.6 is 0 Å². The van der Waals surface area contributed by atoms with Crippen molar-refractivity contribution < 1.29 is 19.7 Å². The maximum absolute atomic E-state index is 9.16. The van der Waals surface area contributed by atoms with Gasteiger partial charge < -0.3 is 19.7 Å². The largest absolute Gasteiger partial charge is 0.490 e. The Labute approximate surface area is 113 Å². The number of aliphatic hydroxyl groups is 2. The highest BCUT2D eigenvalue weighted by Crippen LogP contribution is 2.30. The summed E-state index contributed by atoms with van der Waals surface area (Å²) in [5, 5.41) is 18.3. The first-order valence-corrected chi connectivity index (χ1v) is 6.55. The first kappa shape index (κ1) is 14.1. The lowest BCUT2D eigenvalue weighted by molar-refractivity contribution is 0.0873. The highest BCUT2D eigenvalue weighted by molar-refractivity contribution is 5.43. The Bertz CT molecular complexity index is 406. The fraction of sp³-hybridized carbons (Fsp3) is 0.571. The summed E-state index contributed by atoms with van der Waals surface area (Å²) in [6, 6.07) is 5.62. The molecule has 0 aliphatic carbocycles. The highest BCUT2D eigenvalue weighted by Gasteiger charge is 2.15. The van der Waals surface area contributed by atoms with Crippen LogP contribution in [-0.2, 0) is 6.54 Å². The molecule has 0 atom stereocenters. The quantitative estimate of drug-likeness (QED) is 0.819. The van der Waals surface area contributed by atoms with E-state index < -0.39 is 0 Å². The van der Waals surface area contributed by atoms with Crippen molar-refractivity contribution in [2.24, 2.45) is 0 Å². The zero-order chi connectivity index (χ0) is 13.7. The zero-order valence-electron chi connectivity index (χ0n) is 11.2. The molecular weight excluding hydrogens is 246 g/mol. The summed E-state index contributed by atoms with van der Waals surface area (Å²) in [5.41, 5.74) is 1.07. The van der Waals surface area contributed by atoms with E-state index in [4.69, 9.17) is 19.7 Å². The molecule has 0 amide bonds. The van der Waals surface area contributed by atoms with E-state index in [1.165, 1.54) is 0 Å². The highest BCUT2D eigenvalue weighted by atomic mass is 16.5. The zero-order valence-corrected chi connectivity index (χ0v) is 11.2. The second-order valence-corrected chi connectivity index (χ2v) is 4.77. The van der Waals surface area contributed by atoms with Crippen molar-refractivity contribution in [3.63, 3.8) is 0 Å². The molecule has 5 nitrogen and oxygen atoms in total. The van der Waals surface area contributed by atoms with Gasteiger partial charge in [0.1, 0.15) is 0 Å². The van der Waals surface area contributed by atoms with Crippen LogP contribution in [0.1, 0.15) is 12.0 Å². The lowest BCUT2D eigenvalue weighted by Crippen LogP contribution is -2.37. The summed E-state index contributed by atoms with van der Waals surface area (Å²) in [5.74, 6) is 1.55. The van der Waals surface area contributed by atoms with Crippen LogP contribution in [0.25, 0.3) is 0 Å². The first-order valence-electron chi connectivity index (χ1n) is 6.55. The Morgan fingerprint density at radius 1 is 1.16 bits per heavy atom. The number of aliphatic hydroxyl groups excluding tert-OH is 2. The molecule has 19 heavy (non-hydrogen) atoms. The molecule has 1 heterocycles. The van der Waals surface area contributed by atoms with Gasteiger partial charge in [0.25, 0.3) is 0 Å². The predicted molar refractivity (Wildman–Crippen MR) is 71.5 cm³/mol. The van der Waals surface area contributed by atoms with E-state index in [1.54, 1.807) is 0 Å². The van der Waals surface area contributed by atoms with Gasteiger partial charge in [0.15, 0.2) is 11.5 Å². The normalized spacial score (nSPS) is 14.8. The summed E-state index contributed by atoms with van der Waals surface area (Å²) >= 11 is 0. The Morgan fingerprint density at radius 3 is 2.53 bits per heavy atom. The SMILES string of the molecule is CN(Cc1ccc2c(c1)OCCCO2)C(CO)CO. The van der Waals surface area contributed by atoms with E-state index in [0.29, 0.717) is 19.8 Å². The lowest BCUT2D eigenvalue weighted by atomic mass is 10.1. The Balaban J connectivity index is 2.07. The first-order chi connectivity index (χ1) is 9.24. The van der Waals surface area contributed by atoms with Gasteiger partial charge in [-0.15, -0.1) is 0 Å². The second-order valence-electron chi connectivity index (χ2n) is 4.77. The number of likely N-dealkylation sites (N-methyl/N-ethyl adjacent to an activating group) is 1. The van der Waals surface area contributed by atoms with Crippen LogP contribution < -0.4 is 9.47 Å². The standard InChI is InChI=1S/C14H21NO4/c1-15(12(9-16)10-17)8-11-3-4-13-14(7-11)19-6-2-5-18-13/h3-4,7,12,16-17H,2,5-6,8-10H2,1H3. The summed E-state index contributed by atoms with van der Waals surface area (Å²) in [6.45, 7) is 1.88. The molecule has 1 aliphatic rings. The van der Waals surface area contributed by atoms with Gasteiger partial charge in [-0.2, -0.15) is 0 Å². The number of benzene rings is 1. The van der Waals surface area contributed by atoms with Gasteiger partial charge in [0.05, 0.1) is 32.5 Å². The third kappa shape index (κ3) is 3.59. The third-order valence-electron chi connectivity index (χ3n) is 3.29. The maximum atomic E-state index is 9.16. The fourth-order valence-electron chi connectivity index (χ4n) is 2.06. The molecule has 0 radical (unpaired) electrons. The molecule has 1 aromatic rings. The molecule has 0 aromatic heterocycles. The minimum Gasteiger partial charge on any atom is -0.490 e. The van der Waals surface area contributed by atoms with Crippen molar-refractivity contribution in [1.82, 2.24) is 4.90 Å². The van der Waals surface area contributed by atoms with Gasteiger partial charge in [-0.25, -0.2) is 0 Å². The van der Waals surface area contributed by atoms with Crippen LogP contribution in [0.15, 0.2) is 18.2 Å². The molecule has 0 bridgehead atoms. The predicted octanol–water partition coefficient (Wildman–Crippen LogP) is 0.633. The molecule has 2 N–H and O–H groups in total. The van der Waals surface area contributed by atoms with Gasteiger partial charge in [-0.3, -0.25) is 4.90 Å². The van der Waals surface area contributed by atoms with Crippen molar-refractivity contribution in [2.45, 2.75) is 19.0 Å². The Morgan fingerprint density at radius 2 is 1.84 bits per heavy atom. The lowest BCUT2D eigenvalue weighted by Gasteiger charge is -2.24. The van der Waals surface area contributed by atoms with Crippen molar-refractivity contribution in [1.29, 1.82) is 0 Å². The average molecular weight is 267 g/mol. The Kier molecular flexibility index (Phi) is 5.01. The topological polar surface area (TPSA) is 62.2 Å². The molecule has 0 saturated carbocycles. The fourth-order valence-corrected chi connectivity index (χ4v) is 2.06. The molecular formula is C14H21NO4. The number of rotatable bonds is 5. The van der Waals surface area contributed by atoms with Crippen molar-refractivity contribution in [2.75, 3.05) is 33.5 Å². The van der Waals surface area contributed by atoms with Gasteiger partial charge >= 0.3 is 0 Å². The number of nitrogens with zero attached hydrogens (tertiary/aromatic N) is 1. The van der Waals surface area contributed by atoms with Crippen LogP contribution in [-0.4, -0.2) is 54.6 Å². The second kappa shape index (κ2) is 6.75. The van der Waals surface area contributed by atoms with Crippen LogP contribution in [0.5, 0.6) is 11.5 Å². The van der Waals surface area contributed by atoms with Crippen molar-refractivity contribution in [3.8, 4) is 11.5 Å². The number of fused-ring (bicyclic) bond motifs is 1. The molecule has 0 fully saturated rings. The molecule has 5 heteroatoms. The summed E-state index contributed by atoms with van der Waals surface area (Å²) in [4.78, 5) is 1.92. The van der Waals surface area contributed by atoms with E-state index >= 15 is 0 Å². The number of hydrogen-bond donors (Lipinski definition) is 2. The molecule has 0 saturated heterocycles. The third-order valence-corrected chi connectivity index (χ3v) is 3.29. The van der Waals surface area contributed by atoms with E-state index in [2.05, 4.69) is 0 Å². The van der Waals surface area contributed by atoms with Crippen molar-refractivity contribution >= 4 is 0 Å². The van der Waals surface area contributed by atoms with Crippen LogP contribution in [0.3, 0.4) is 0 Å². The van der Waals surface area contributed by atoms with Crippen LogP contribution in [0, 0.1) is 0 Å². The summed E-state index contributed by atoms with van der Waals surface area (Å²) in [6.07, 6.45) is 0.890. The number of ether oxygens (including phenoxy) is 2. The minimum atomic E-state index is -0.240. The average Bonchev–Trinajstić information content (AvgIpc) is 2.64. The molecule has 2 rings (SSSR count). The minimum absolute atomic E-state index is 0.0580. The smallest absolute Gasteiger partial charge is 0.161 e. The monoisotopic (exact) mass is 267 g/mol. The van der Waals surface area contributed by atoms with Gasteiger partial charge in [-0.05, 0) is 24.7 Å².